The monoisotopic (exact) mass is 180 g/mol. The highest BCUT2D eigenvalue weighted by atomic mass is 15.2. The summed E-state index contributed by atoms with van der Waals surface area (Å²) in [6.45, 7) is 2.84. The molecule has 72 valence electrons. The molecule has 0 unspecified atom stereocenters. The average Bonchev–Trinajstić information content (AvgIpc) is 2.19. The van der Waals surface area contributed by atoms with E-state index in [0.29, 0.717) is 13.1 Å². The summed E-state index contributed by atoms with van der Waals surface area (Å²) in [5, 5.41) is 0. The van der Waals surface area contributed by atoms with E-state index in [9.17, 15) is 0 Å². The van der Waals surface area contributed by atoms with Crippen LogP contribution in [-0.2, 0) is 0 Å². The van der Waals surface area contributed by atoms with E-state index < -0.39 is 0 Å². The van der Waals surface area contributed by atoms with Crippen molar-refractivity contribution in [3.8, 4) is 0 Å². The molecule has 0 saturated carbocycles. The van der Waals surface area contributed by atoms with Crippen molar-refractivity contribution in [3.05, 3.63) is 24.4 Å². The van der Waals surface area contributed by atoms with Crippen molar-refractivity contribution in [2.24, 2.45) is 11.5 Å². The Bertz CT molecular complexity index is 218. The van der Waals surface area contributed by atoms with Crippen LogP contribution in [0.4, 0.5) is 5.82 Å². The molecular weight excluding hydrogens is 164 g/mol. The number of nitrogens with zero attached hydrogens (tertiary/aromatic N) is 2. The molecule has 4 N–H and O–H groups in total. The van der Waals surface area contributed by atoms with Crippen LogP contribution < -0.4 is 16.4 Å². The minimum absolute atomic E-state index is 0.622. The predicted molar refractivity (Wildman–Crippen MR) is 54.6 cm³/mol. The summed E-state index contributed by atoms with van der Waals surface area (Å²) in [4.78, 5) is 6.31. The highest BCUT2D eigenvalue weighted by Gasteiger charge is 2.03. The summed E-state index contributed by atoms with van der Waals surface area (Å²) in [7, 11) is 0. The second-order valence-electron chi connectivity index (χ2n) is 2.75. The summed E-state index contributed by atoms with van der Waals surface area (Å²) in [6, 6.07) is 5.82. The summed E-state index contributed by atoms with van der Waals surface area (Å²) in [6.07, 6.45) is 1.77. The lowest BCUT2D eigenvalue weighted by atomic mass is 10.4. The van der Waals surface area contributed by atoms with Gasteiger partial charge in [0.1, 0.15) is 5.82 Å². The highest BCUT2D eigenvalue weighted by molar-refractivity contribution is 5.37. The molecule has 1 rings (SSSR count). The van der Waals surface area contributed by atoms with Crippen LogP contribution in [0.1, 0.15) is 0 Å². The minimum atomic E-state index is 0.622. The minimum Gasteiger partial charge on any atom is -0.354 e. The number of pyridine rings is 1. The first-order chi connectivity index (χ1) is 6.38. The summed E-state index contributed by atoms with van der Waals surface area (Å²) in [5.74, 6) is 0.943. The van der Waals surface area contributed by atoms with E-state index in [1.165, 1.54) is 0 Å². The van der Waals surface area contributed by atoms with Gasteiger partial charge in [-0.15, -0.1) is 0 Å². The number of aromatic nitrogens is 1. The van der Waals surface area contributed by atoms with Crippen LogP contribution in [0.5, 0.6) is 0 Å². The van der Waals surface area contributed by atoms with Crippen LogP contribution in [0.3, 0.4) is 0 Å². The largest absolute Gasteiger partial charge is 0.354 e. The van der Waals surface area contributed by atoms with Gasteiger partial charge < -0.3 is 16.4 Å². The van der Waals surface area contributed by atoms with Gasteiger partial charge in [0.15, 0.2) is 0 Å². The third kappa shape index (κ3) is 3.01. The van der Waals surface area contributed by atoms with E-state index in [0.717, 1.165) is 18.9 Å². The van der Waals surface area contributed by atoms with Crippen LogP contribution in [0.2, 0.25) is 0 Å². The number of hydrogen-bond acceptors (Lipinski definition) is 4. The van der Waals surface area contributed by atoms with Crippen LogP contribution in [0.25, 0.3) is 0 Å². The number of rotatable bonds is 5. The van der Waals surface area contributed by atoms with Crippen LogP contribution >= 0.6 is 0 Å². The Balaban J connectivity index is 2.64. The van der Waals surface area contributed by atoms with Crippen LogP contribution in [-0.4, -0.2) is 31.2 Å². The van der Waals surface area contributed by atoms with Crippen molar-refractivity contribution in [2.45, 2.75) is 0 Å². The molecule has 0 saturated heterocycles. The Morgan fingerprint density at radius 2 is 1.85 bits per heavy atom. The molecule has 1 aromatic heterocycles. The van der Waals surface area contributed by atoms with Crippen molar-refractivity contribution in [2.75, 3.05) is 31.1 Å². The second-order valence-corrected chi connectivity index (χ2v) is 2.75. The number of anilines is 1. The highest BCUT2D eigenvalue weighted by Crippen LogP contribution is 2.06. The smallest absolute Gasteiger partial charge is 0.128 e. The molecule has 0 aliphatic carbocycles. The quantitative estimate of drug-likeness (QED) is 0.658. The molecule has 0 spiro atoms. The fourth-order valence-electron chi connectivity index (χ4n) is 1.19. The van der Waals surface area contributed by atoms with Gasteiger partial charge in [-0.25, -0.2) is 4.98 Å². The van der Waals surface area contributed by atoms with Gasteiger partial charge in [0.2, 0.25) is 0 Å². The standard InChI is InChI=1S/C9H16N4/c10-4-7-13(8-5-11)9-3-1-2-6-12-9/h1-3,6H,4-5,7-8,10-11H2. The topological polar surface area (TPSA) is 68.2 Å². The van der Waals surface area contributed by atoms with Gasteiger partial charge in [-0.3, -0.25) is 0 Å². The Morgan fingerprint density at radius 3 is 2.31 bits per heavy atom. The Kier molecular flexibility index (Phi) is 4.21. The van der Waals surface area contributed by atoms with Gasteiger partial charge in [-0.1, -0.05) is 6.07 Å². The molecule has 1 aromatic rings. The summed E-state index contributed by atoms with van der Waals surface area (Å²) >= 11 is 0. The third-order valence-electron chi connectivity index (χ3n) is 1.77. The van der Waals surface area contributed by atoms with Crippen molar-refractivity contribution in [1.82, 2.24) is 4.98 Å². The molecule has 0 atom stereocenters. The van der Waals surface area contributed by atoms with Gasteiger partial charge in [0.25, 0.3) is 0 Å². The average molecular weight is 180 g/mol. The molecular formula is C9H16N4. The Morgan fingerprint density at radius 1 is 1.15 bits per heavy atom. The number of nitrogens with two attached hydrogens (primary N) is 2. The lowest BCUT2D eigenvalue weighted by Gasteiger charge is -2.21. The zero-order valence-electron chi connectivity index (χ0n) is 7.69. The van der Waals surface area contributed by atoms with E-state index in [-0.39, 0.29) is 0 Å². The van der Waals surface area contributed by atoms with E-state index >= 15 is 0 Å². The van der Waals surface area contributed by atoms with E-state index in [1.54, 1.807) is 6.20 Å². The lowest BCUT2D eigenvalue weighted by Crippen LogP contribution is -2.34. The van der Waals surface area contributed by atoms with Crippen molar-refractivity contribution in [1.29, 1.82) is 0 Å². The molecule has 0 aliphatic heterocycles. The maximum absolute atomic E-state index is 5.49. The van der Waals surface area contributed by atoms with Crippen LogP contribution in [0, 0.1) is 0 Å². The molecule has 0 radical (unpaired) electrons. The molecule has 13 heavy (non-hydrogen) atoms. The molecule has 0 aliphatic rings. The first kappa shape index (κ1) is 9.95. The normalized spacial score (nSPS) is 10.0. The second kappa shape index (κ2) is 5.50. The Labute approximate surface area is 78.6 Å². The maximum Gasteiger partial charge on any atom is 0.128 e. The molecule has 0 fully saturated rings. The Hall–Kier alpha value is -1.13. The van der Waals surface area contributed by atoms with E-state index in [1.807, 2.05) is 18.2 Å². The van der Waals surface area contributed by atoms with Gasteiger partial charge in [-0.2, -0.15) is 0 Å². The number of hydrogen-bond donors (Lipinski definition) is 2. The van der Waals surface area contributed by atoms with Gasteiger partial charge >= 0.3 is 0 Å². The zero-order valence-corrected chi connectivity index (χ0v) is 7.69. The lowest BCUT2D eigenvalue weighted by molar-refractivity contribution is 0.770. The van der Waals surface area contributed by atoms with Gasteiger partial charge in [0, 0.05) is 32.4 Å². The fraction of sp³-hybridized carbons (Fsp3) is 0.444. The predicted octanol–water partition coefficient (Wildman–Crippen LogP) is -0.195. The van der Waals surface area contributed by atoms with Crippen molar-refractivity contribution in [3.63, 3.8) is 0 Å². The third-order valence-corrected chi connectivity index (χ3v) is 1.77. The SMILES string of the molecule is NCCN(CCN)c1ccccn1. The maximum atomic E-state index is 5.49. The molecule has 1 heterocycles. The fourth-order valence-corrected chi connectivity index (χ4v) is 1.19. The van der Waals surface area contributed by atoms with Crippen molar-refractivity contribution < 1.29 is 0 Å². The molecule has 0 amide bonds. The molecule has 0 bridgehead atoms. The first-order valence-corrected chi connectivity index (χ1v) is 4.44. The van der Waals surface area contributed by atoms with Gasteiger partial charge in [-0.05, 0) is 12.1 Å². The first-order valence-electron chi connectivity index (χ1n) is 4.44. The van der Waals surface area contributed by atoms with Crippen molar-refractivity contribution >= 4 is 5.82 Å². The summed E-state index contributed by atoms with van der Waals surface area (Å²) < 4.78 is 0. The van der Waals surface area contributed by atoms with E-state index in [2.05, 4.69) is 9.88 Å². The molecule has 0 aromatic carbocycles. The molecule has 4 heteroatoms. The summed E-state index contributed by atoms with van der Waals surface area (Å²) in [5.41, 5.74) is 11.0. The van der Waals surface area contributed by atoms with E-state index in [4.69, 9.17) is 11.5 Å². The zero-order chi connectivity index (χ0) is 9.52. The van der Waals surface area contributed by atoms with Crippen LogP contribution in [0.15, 0.2) is 24.4 Å². The van der Waals surface area contributed by atoms with Gasteiger partial charge in [0.05, 0.1) is 0 Å². The molecule has 4 nitrogen and oxygen atoms in total.